The summed E-state index contributed by atoms with van der Waals surface area (Å²) >= 11 is 0. The average Bonchev–Trinajstić information content (AvgIpc) is 3.46. The maximum absolute atomic E-state index is 13.7. The van der Waals surface area contributed by atoms with E-state index >= 15 is 0 Å². The lowest BCUT2D eigenvalue weighted by Crippen LogP contribution is -2.29. The van der Waals surface area contributed by atoms with Gasteiger partial charge in [0.15, 0.2) is 5.65 Å². The van der Waals surface area contributed by atoms with Crippen molar-refractivity contribution in [2.75, 3.05) is 7.11 Å². The van der Waals surface area contributed by atoms with Crippen molar-refractivity contribution >= 4 is 22.2 Å². The van der Waals surface area contributed by atoms with Crippen LogP contribution in [0.2, 0.25) is 0 Å². The van der Waals surface area contributed by atoms with Gasteiger partial charge in [0.05, 0.1) is 17.3 Å². The van der Waals surface area contributed by atoms with E-state index in [4.69, 9.17) is 9.72 Å². The van der Waals surface area contributed by atoms with Crippen LogP contribution in [-0.2, 0) is 11.3 Å². The van der Waals surface area contributed by atoms with Gasteiger partial charge in [0.1, 0.15) is 5.65 Å². The number of para-hydroxylation sites is 1. The van der Waals surface area contributed by atoms with E-state index in [1.54, 1.807) is 11.7 Å². The van der Waals surface area contributed by atoms with Gasteiger partial charge in [-0.1, -0.05) is 18.2 Å². The number of nitrogens with zero attached hydrogens (tertiary/aromatic N) is 4. The van der Waals surface area contributed by atoms with Crippen LogP contribution in [0.3, 0.4) is 0 Å². The molecule has 5 aromatic rings. The second kappa shape index (κ2) is 8.57. The molecule has 4 aromatic heterocycles. The lowest BCUT2D eigenvalue weighted by Gasteiger charge is -2.27. The number of hydrogen-bond acceptors (Lipinski definition) is 4. The lowest BCUT2D eigenvalue weighted by atomic mass is 9.87. The van der Waals surface area contributed by atoms with Crippen molar-refractivity contribution in [2.45, 2.75) is 38.3 Å². The molecule has 1 aliphatic carbocycles. The first-order valence-electron chi connectivity index (χ1n) is 11.8. The van der Waals surface area contributed by atoms with Crippen LogP contribution < -0.4 is 5.69 Å². The Labute approximate surface area is 197 Å². The third-order valence-electron chi connectivity index (χ3n) is 7.09. The van der Waals surface area contributed by atoms with Gasteiger partial charge in [0, 0.05) is 48.8 Å². The first-order chi connectivity index (χ1) is 16.7. The zero-order valence-corrected chi connectivity index (χ0v) is 19.1. The largest absolute Gasteiger partial charge is 0.381 e. The van der Waals surface area contributed by atoms with Crippen LogP contribution in [0.1, 0.15) is 25.7 Å². The predicted molar refractivity (Wildman–Crippen MR) is 133 cm³/mol. The second-order valence-corrected chi connectivity index (χ2v) is 9.15. The number of benzene rings is 1. The molecule has 0 unspecified atom stereocenters. The maximum Gasteiger partial charge on any atom is 0.334 e. The summed E-state index contributed by atoms with van der Waals surface area (Å²) in [5.74, 6) is 0.445. The van der Waals surface area contributed by atoms with Gasteiger partial charge in [-0.15, -0.1) is 0 Å². The van der Waals surface area contributed by atoms with Crippen molar-refractivity contribution in [1.82, 2.24) is 24.1 Å². The van der Waals surface area contributed by atoms with E-state index in [9.17, 15) is 4.79 Å². The van der Waals surface area contributed by atoms with Crippen LogP contribution in [0.5, 0.6) is 0 Å². The van der Waals surface area contributed by atoms with E-state index in [1.165, 1.54) is 0 Å². The Hall–Kier alpha value is -3.71. The van der Waals surface area contributed by atoms with E-state index in [0.717, 1.165) is 59.0 Å². The first kappa shape index (κ1) is 20.9. The van der Waals surface area contributed by atoms with Crippen LogP contribution >= 0.6 is 0 Å². The predicted octanol–water partition coefficient (Wildman–Crippen LogP) is 4.94. The van der Waals surface area contributed by atoms with Crippen molar-refractivity contribution in [3.63, 3.8) is 0 Å². The summed E-state index contributed by atoms with van der Waals surface area (Å²) in [5, 5.41) is 1.05. The fourth-order valence-corrected chi connectivity index (χ4v) is 5.18. The molecule has 7 nitrogen and oxygen atoms in total. The summed E-state index contributed by atoms with van der Waals surface area (Å²) in [7, 11) is 1.79. The third kappa shape index (κ3) is 3.62. The van der Waals surface area contributed by atoms with E-state index in [1.807, 2.05) is 59.6 Å². The molecule has 1 fully saturated rings. The average molecular weight is 454 g/mol. The zero-order valence-electron chi connectivity index (χ0n) is 19.1. The van der Waals surface area contributed by atoms with Gasteiger partial charge >= 0.3 is 5.69 Å². The van der Waals surface area contributed by atoms with Crippen molar-refractivity contribution in [2.24, 2.45) is 5.92 Å². The molecule has 0 radical (unpaired) electrons. The minimum atomic E-state index is -0.0427. The Balaban J connectivity index is 1.47. The molecule has 0 aliphatic heterocycles. The highest BCUT2D eigenvalue weighted by molar-refractivity contribution is 5.84. The van der Waals surface area contributed by atoms with Gasteiger partial charge < -0.3 is 9.72 Å². The number of aromatic amines is 1. The fourth-order valence-electron chi connectivity index (χ4n) is 5.18. The van der Waals surface area contributed by atoms with E-state index in [0.29, 0.717) is 24.2 Å². The molecular weight excluding hydrogens is 426 g/mol. The Morgan fingerprint density at radius 3 is 2.56 bits per heavy atom. The van der Waals surface area contributed by atoms with Crippen LogP contribution in [-0.4, -0.2) is 37.3 Å². The smallest absolute Gasteiger partial charge is 0.334 e. The molecule has 0 atom stereocenters. The monoisotopic (exact) mass is 453 g/mol. The summed E-state index contributed by atoms with van der Waals surface area (Å²) in [6.45, 7) is 0.686. The highest BCUT2D eigenvalue weighted by Gasteiger charge is 2.24. The Kier molecular flexibility index (Phi) is 5.26. The zero-order chi connectivity index (χ0) is 23.1. The molecule has 1 aliphatic rings. The Bertz CT molecular complexity index is 1510. The molecule has 1 N–H and O–H groups in total. The van der Waals surface area contributed by atoms with E-state index < -0.39 is 0 Å². The van der Waals surface area contributed by atoms with Crippen LogP contribution in [0.4, 0.5) is 0 Å². The number of H-pyrrole nitrogens is 1. The SMILES string of the molecule is COC1CCC(Cn2c(=O)n(-c3ccccc3)c3ncc(-c4cnc5[nH]ccc5c4)cc32)CC1. The van der Waals surface area contributed by atoms with Gasteiger partial charge in [-0.25, -0.2) is 19.3 Å². The second-order valence-electron chi connectivity index (χ2n) is 9.15. The summed E-state index contributed by atoms with van der Waals surface area (Å²) < 4.78 is 9.19. The maximum atomic E-state index is 13.7. The van der Waals surface area contributed by atoms with Gasteiger partial charge in [-0.05, 0) is 61.9 Å². The summed E-state index contributed by atoms with van der Waals surface area (Å²) in [6, 6.07) is 16.0. The number of hydrogen-bond donors (Lipinski definition) is 1. The third-order valence-corrected chi connectivity index (χ3v) is 7.09. The van der Waals surface area contributed by atoms with Crippen LogP contribution in [0.15, 0.2) is 71.9 Å². The molecule has 34 heavy (non-hydrogen) atoms. The van der Waals surface area contributed by atoms with Crippen molar-refractivity contribution in [3.05, 3.63) is 77.6 Å². The Morgan fingerprint density at radius 2 is 1.76 bits per heavy atom. The van der Waals surface area contributed by atoms with Gasteiger partial charge in [0.25, 0.3) is 0 Å². The molecular formula is C27H27N5O2. The summed E-state index contributed by atoms with van der Waals surface area (Å²) in [6.07, 6.45) is 10.1. The summed E-state index contributed by atoms with van der Waals surface area (Å²) in [4.78, 5) is 26.2. The topological polar surface area (TPSA) is 77.7 Å². The standard InChI is InChI=1S/C27H27N5O2/c1-34-23-9-7-18(8-10-23)17-31-24-14-21(20-13-19-11-12-28-25(19)29-15-20)16-30-26(24)32(27(31)33)22-5-3-2-4-6-22/h2-6,11-16,18,23H,7-10,17H2,1H3,(H,28,29). The number of nitrogens with one attached hydrogen (secondary N) is 1. The van der Waals surface area contributed by atoms with E-state index in [-0.39, 0.29) is 5.69 Å². The number of imidazole rings is 1. The minimum Gasteiger partial charge on any atom is -0.381 e. The normalized spacial score (nSPS) is 18.6. The number of ether oxygens (including phenoxy) is 1. The molecule has 6 rings (SSSR count). The summed E-state index contributed by atoms with van der Waals surface area (Å²) in [5.41, 5.74) is 5.11. The molecule has 1 aromatic carbocycles. The van der Waals surface area contributed by atoms with Crippen LogP contribution in [0, 0.1) is 5.92 Å². The molecule has 0 saturated heterocycles. The minimum absolute atomic E-state index is 0.0427. The molecule has 4 heterocycles. The first-order valence-corrected chi connectivity index (χ1v) is 11.8. The molecule has 0 amide bonds. The van der Waals surface area contributed by atoms with Crippen molar-refractivity contribution < 1.29 is 4.74 Å². The van der Waals surface area contributed by atoms with Gasteiger partial charge in [-0.2, -0.15) is 0 Å². The number of methoxy groups -OCH3 is 1. The van der Waals surface area contributed by atoms with Gasteiger partial charge in [0.2, 0.25) is 0 Å². The number of rotatable bonds is 5. The molecule has 1 saturated carbocycles. The number of aromatic nitrogens is 5. The highest BCUT2D eigenvalue weighted by atomic mass is 16.5. The molecule has 0 bridgehead atoms. The van der Waals surface area contributed by atoms with Crippen molar-refractivity contribution in [1.29, 1.82) is 0 Å². The Morgan fingerprint density at radius 1 is 1.00 bits per heavy atom. The molecule has 0 spiro atoms. The lowest BCUT2D eigenvalue weighted by molar-refractivity contribution is 0.0542. The fraction of sp³-hybridized carbons (Fsp3) is 0.296. The van der Waals surface area contributed by atoms with Crippen LogP contribution in [0.25, 0.3) is 39.0 Å². The van der Waals surface area contributed by atoms with E-state index in [2.05, 4.69) is 22.1 Å². The molecule has 7 heteroatoms. The highest BCUT2D eigenvalue weighted by Crippen LogP contribution is 2.30. The van der Waals surface area contributed by atoms with Gasteiger partial charge in [-0.3, -0.25) is 4.57 Å². The number of pyridine rings is 2. The molecule has 172 valence electrons. The van der Waals surface area contributed by atoms with Crippen molar-refractivity contribution in [3.8, 4) is 16.8 Å². The number of fused-ring (bicyclic) bond motifs is 2. The quantitative estimate of drug-likeness (QED) is 0.409.